The van der Waals surface area contributed by atoms with Crippen LogP contribution in [0.1, 0.15) is 36.7 Å². The van der Waals surface area contributed by atoms with Gasteiger partial charge < -0.3 is 10.0 Å². The lowest BCUT2D eigenvalue weighted by Crippen LogP contribution is -2.33. The number of aliphatic carboxylic acids is 1. The van der Waals surface area contributed by atoms with E-state index in [0.717, 1.165) is 12.8 Å². The van der Waals surface area contributed by atoms with Crippen molar-refractivity contribution in [1.29, 1.82) is 0 Å². The van der Waals surface area contributed by atoms with Crippen molar-refractivity contribution in [1.82, 2.24) is 14.7 Å². The van der Waals surface area contributed by atoms with Crippen molar-refractivity contribution in [2.45, 2.75) is 32.7 Å². The molecule has 21 heavy (non-hydrogen) atoms. The maximum atomic E-state index is 12.3. The van der Waals surface area contributed by atoms with Crippen LogP contribution >= 0.6 is 0 Å². The van der Waals surface area contributed by atoms with E-state index < -0.39 is 11.9 Å². The number of hydrogen-bond donors (Lipinski definition) is 1. The summed E-state index contributed by atoms with van der Waals surface area (Å²) < 4.78 is 1.29. The molecule has 114 valence electrons. The summed E-state index contributed by atoms with van der Waals surface area (Å²) in [5.74, 6) is -1.71. The predicted molar refractivity (Wildman–Crippen MR) is 75.1 cm³/mol. The molecule has 1 amide bonds. The van der Waals surface area contributed by atoms with E-state index in [1.165, 1.54) is 21.7 Å². The molecule has 7 heteroatoms. The summed E-state index contributed by atoms with van der Waals surface area (Å²) in [6.07, 6.45) is 2.20. The third-order valence-electron chi connectivity index (χ3n) is 3.63. The zero-order valence-electron chi connectivity index (χ0n) is 12.0. The summed E-state index contributed by atoms with van der Waals surface area (Å²) in [4.78, 5) is 36.4. The summed E-state index contributed by atoms with van der Waals surface area (Å²) in [7, 11) is 0. The molecule has 2 rings (SSSR count). The van der Waals surface area contributed by atoms with Gasteiger partial charge in [-0.15, -0.1) is 0 Å². The molecule has 0 aromatic carbocycles. The number of unbranched alkanes of at least 4 members (excludes halogenated alkanes) is 1. The van der Waals surface area contributed by atoms with Crippen molar-refractivity contribution in [3.8, 4) is 0 Å². The fourth-order valence-corrected chi connectivity index (χ4v) is 2.34. The van der Waals surface area contributed by atoms with Crippen LogP contribution in [0.25, 0.3) is 0 Å². The van der Waals surface area contributed by atoms with Crippen LogP contribution in [-0.2, 0) is 11.3 Å². The van der Waals surface area contributed by atoms with E-state index >= 15 is 0 Å². The molecule has 0 unspecified atom stereocenters. The zero-order valence-corrected chi connectivity index (χ0v) is 12.0. The molecule has 7 nitrogen and oxygen atoms in total. The Hall–Kier alpha value is -2.18. The first-order chi connectivity index (χ1) is 10.0. The first-order valence-electron chi connectivity index (χ1n) is 7.13. The van der Waals surface area contributed by atoms with Crippen molar-refractivity contribution in [2.75, 3.05) is 13.1 Å². The van der Waals surface area contributed by atoms with Gasteiger partial charge >= 0.3 is 5.97 Å². The molecular formula is C14H19N3O4. The summed E-state index contributed by atoms with van der Waals surface area (Å²) in [5, 5.41) is 13.1. The number of likely N-dealkylation sites (tertiary alicyclic amines) is 1. The molecule has 0 bridgehead atoms. The molecule has 2 heterocycles. The third-order valence-corrected chi connectivity index (χ3v) is 3.63. The predicted octanol–water partition coefficient (Wildman–Crippen LogP) is 0.590. The van der Waals surface area contributed by atoms with Crippen LogP contribution in [-0.4, -0.2) is 44.8 Å². The van der Waals surface area contributed by atoms with Crippen molar-refractivity contribution >= 4 is 11.9 Å². The van der Waals surface area contributed by atoms with Crippen LogP contribution in [0.4, 0.5) is 0 Å². The number of hydrogen-bond acceptors (Lipinski definition) is 4. The van der Waals surface area contributed by atoms with Gasteiger partial charge in [0.25, 0.3) is 11.5 Å². The standard InChI is InChI=1S/C14H19N3O4/c1-2-3-7-17-12(18)5-4-11(15-17)13(19)16-8-6-10(9-16)14(20)21/h4-5,10H,2-3,6-9H2,1H3,(H,20,21)/t10-/m1/s1. The topological polar surface area (TPSA) is 92.5 Å². The highest BCUT2D eigenvalue weighted by Gasteiger charge is 2.31. The van der Waals surface area contributed by atoms with Crippen LogP contribution < -0.4 is 5.56 Å². The second-order valence-electron chi connectivity index (χ2n) is 5.21. The molecule has 1 aliphatic heterocycles. The minimum Gasteiger partial charge on any atom is -0.481 e. The molecule has 0 saturated carbocycles. The quantitative estimate of drug-likeness (QED) is 0.857. The lowest BCUT2D eigenvalue weighted by atomic mass is 10.1. The Bertz CT molecular complexity index is 596. The molecule has 1 aromatic rings. The van der Waals surface area contributed by atoms with E-state index in [1.54, 1.807) is 0 Å². The van der Waals surface area contributed by atoms with Crippen LogP contribution in [0, 0.1) is 5.92 Å². The van der Waals surface area contributed by atoms with Crippen LogP contribution in [0.3, 0.4) is 0 Å². The number of amides is 1. The maximum absolute atomic E-state index is 12.3. The molecule has 1 aliphatic rings. The van der Waals surface area contributed by atoms with Gasteiger partial charge in [-0.05, 0) is 18.9 Å². The number of carbonyl (C=O) groups excluding carboxylic acids is 1. The van der Waals surface area contributed by atoms with E-state index in [4.69, 9.17) is 5.11 Å². The molecule has 1 N–H and O–H groups in total. The van der Waals surface area contributed by atoms with Gasteiger partial charge in [-0.3, -0.25) is 14.4 Å². The average Bonchev–Trinajstić information content (AvgIpc) is 2.95. The highest BCUT2D eigenvalue weighted by Crippen LogP contribution is 2.18. The summed E-state index contributed by atoms with van der Waals surface area (Å²) in [6, 6.07) is 2.74. The second kappa shape index (κ2) is 6.51. The number of carbonyl (C=O) groups is 2. The number of nitrogens with zero attached hydrogens (tertiary/aromatic N) is 3. The van der Waals surface area contributed by atoms with Crippen LogP contribution in [0.5, 0.6) is 0 Å². The second-order valence-corrected chi connectivity index (χ2v) is 5.21. The molecule has 1 saturated heterocycles. The van der Waals surface area contributed by atoms with Gasteiger partial charge in [-0.1, -0.05) is 13.3 Å². The maximum Gasteiger partial charge on any atom is 0.308 e. The Balaban J connectivity index is 2.13. The zero-order chi connectivity index (χ0) is 15.4. The molecule has 0 aliphatic carbocycles. The molecule has 0 spiro atoms. The van der Waals surface area contributed by atoms with Crippen molar-refractivity contribution in [3.63, 3.8) is 0 Å². The average molecular weight is 293 g/mol. The number of aryl methyl sites for hydroxylation is 1. The Kier molecular flexibility index (Phi) is 4.72. The van der Waals surface area contributed by atoms with Gasteiger partial charge in [0.15, 0.2) is 0 Å². The minimum absolute atomic E-state index is 0.191. The van der Waals surface area contributed by atoms with Crippen molar-refractivity contribution in [3.05, 3.63) is 28.2 Å². The molecule has 1 aromatic heterocycles. The van der Waals surface area contributed by atoms with Gasteiger partial charge in [0.2, 0.25) is 0 Å². The summed E-state index contributed by atoms with van der Waals surface area (Å²) >= 11 is 0. The molecule has 0 radical (unpaired) electrons. The highest BCUT2D eigenvalue weighted by atomic mass is 16.4. The first-order valence-corrected chi connectivity index (χ1v) is 7.13. The van der Waals surface area contributed by atoms with Gasteiger partial charge in [0, 0.05) is 25.7 Å². The van der Waals surface area contributed by atoms with E-state index in [0.29, 0.717) is 19.5 Å². The number of carboxylic acids is 1. The van der Waals surface area contributed by atoms with E-state index in [1.807, 2.05) is 6.92 Å². The first kappa shape index (κ1) is 15.2. The normalized spacial score (nSPS) is 18.0. The van der Waals surface area contributed by atoms with Crippen molar-refractivity contribution in [2.24, 2.45) is 5.92 Å². The van der Waals surface area contributed by atoms with E-state index in [9.17, 15) is 14.4 Å². The lowest BCUT2D eigenvalue weighted by molar-refractivity contribution is -0.141. The summed E-state index contributed by atoms with van der Waals surface area (Å²) in [5.41, 5.74) is -0.0402. The Morgan fingerprint density at radius 2 is 2.19 bits per heavy atom. The molecule has 1 atom stereocenters. The SMILES string of the molecule is CCCCn1nc(C(=O)N2CC[C@@H](C(=O)O)C2)ccc1=O. The Morgan fingerprint density at radius 3 is 2.81 bits per heavy atom. The fraction of sp³-hybridized carbons (Fsp3) is 0.571. The minimum atomic E-state index is -0.883. The lowest BCUT2D eigenvalue weighted by Gasteiger charge is -2.15. The van der Waals surface area contributed by atoms with E-state index in [-0.39, 0.29) is 23.7 Å². The van der Waals surface area contributed by atoms with Gasteiger partial charge in [-0.2, -0.15) is 5.10 Å². The van der Waals surface area contributed by atoms with Gasteiger partial charge in [-0.25, -0.2) is 4.68 Å². The monoisotopic (exact) mass is 293 g/mol. The largest absolute Gasteiger partial charge is 0.481 e. The van der Waals surface area contributed by atoms with E-state index in [2.05, 4.69) is 5.10 Å². The Morgan fingerprint density at radius 1 is 1.43 bits per heavy atom. The van der Waals surface area contributed by atoms with Crippen molar-refractivity contribution < 1.29 is 14.7 Å². The number of rotatable bonds is 5. The van der Waals surface area contributed by atoms with Gasteiger partial charge in [0.05, 0.1) is 5.92 Å². The highest BCUT2D eigenvalue weighted by molar-refractivity contribution is 5.92. The van der Waals surface area contributed by atoms with Crippen LogP contribution in [0.15, 0.2) is 16.9 Å². The number of aromatic nitrogens is 2. The smallest absolute Gasteiger partial charge is 0.308 e. The Labute approximate surface area is 122 Å². The fourth-order valence-electron chi connectivity index (χ4n) is 2.34. The summed E-state index contributed by atoms with van der Waals surface area (Å²) in [6.45, 7) is 3.10. The van der Waals surface area contributed by atoms with Crippen LogP contribution in [0.2, 0.25) is 0 Å². The third kappa shape index (κ3) is 3.48. The van der Waals surface area contributed by atoms with Gasteiger partial charge in [0.1, 0.15) is 5.69 Å². The molecular weight excluding hydrogens is 274 g/mol. The number of carboxylic acid groups (broad SMARTS) is 1. The molecule has 1 fully saturated rings.